The molecule has 0 spiro atoms. The Hall–Kier alpha value is -1.66. The fraction of sp³-hybridized carbons (Fsp3) is 0.714. The predicted octanol–water partition coefficient (Wildman–Crippen LogP) is 3.74. The zero-order valence-corrected chi connectivity index (χ0v) is 16.6. The SMILES string of the molecule is CCC1CCN(C2CCC(CC(=O)O)(OC)CC2)C(Nc2ccncc2)C1. The first kappa shape index (κ1) is 20.1. The van der Waals surface area contributed by atoms with Crippen molar-refractivity contribution in [2.75, 3.05) is 19.0 Å². The fourth-order valence-electron chi connectivity index (χ4n) is 4.84. The quantitative estimate of drug-likeness (QED) is 0.756. The molecule has 0 aromatic carbocycles. The maximum atomic E-state index is 11.2. The van der Waals surface area contributed by atoms with E-state index in [2.05, 4.69) is 22.1 Å². The van der Waals surface area contributed by atoms with Crippen LogP contribution in [0.4, 0.5) is 5.69 Å². The minimum Gasteiger partial charge on any atom is -0.481 e. The summed E-state index contributed by atoms with van der Waals surface area (Å²) in [6.45, 7) is 3.38. The molecule has 6 nitrogen and oxygen atoms in total. The fourth-order valence-corrected chi connectivity index (χ4v) is 4.84. The van der Waals surface area contributed by atoms with Crippen LogP contribution in [0.25, 0.3) is 0 Å². The van der Waals surface area contributed by atoms with E-state index < -0.39 is 11.6 Å². The summed E-state index contributed by atoms with van der Waals surface area (Å²) in [4.78, 5) is 18.0. The third-order valence-electron chi connectivity index (χ3n) is 6.59. The van der Waals surface area contributed by atoms with Crippen molar-refractivity contribution in [2.45, 2.75) is 76.1 Å². The van der Waals surface area contributed by atoms with Gasteiger partial charge in [0.2, 0.25) is 0 Å². The minimum atomic E-state index is -0.767. The van der Waals surface area contributed by atoms with Crippen LogP contribution in [0.3, 0.4) is 0 Å². The number of anilines is 1. The van der Waals surface area contributed by atoms with Crippen molar-refractivity contribution in [3.8, 4) is 0 Å². The van der Waals surface area contributed by atoms with Crippen LogP contribution in [0.1, 0.15) is 58.3 Å². The Kier molecular flexibility index (Phi) is 6.71. The molecule has 150 valence electrons. The number of aromatic nitrogens is 1. The van der Waals surface area contributed by atoms with Gasteiger partial charge < -0.3 is 15.2 Å². The number of carbonyl (C=O) groups is 1. The van der Waals surface area contributed by atoms with Crippen LogP contribution in [0.5, 0.6) is 0 Å². The highest BCUT2D eigenvalue weighted by molar-refractivity contribution is 5.68. The third kappa shape index (κ3) is 4.99. The second-order valence-corrected chi connectivity index (χ2v) is 8.12. The maximum absolute atomic E-state index is 11.2. The van der Waals surface area contributed by atoms with Gasteiger partial charge in [-0.25, -0.2) is 0 Å². The van der Waals surface area contributed by atoms with Gasteiger partial charge in [0.05, 0.1) is 18.2 Å². The van der Waals surface area contributed by atoms with Crippen LogP contribution in [0, 0.1) is 5.92 Å². The largest absolute Gasteiger partial charge is 0.481 e. The van der Waals surface area contributed by atoms with E-state index in [1.807, 2.05) is 24.5 Å². The van der Waals surface area contributed by atoms with Crippen LogP contribution >= 0.6 is 0 Å². The number of hydrogen-bond donors (Lipinski definition) is 2. The molecule has 2 fully saturated rings. The molecule has 0 radical (unpaired) electrons. The second-order valence-electron chi connectivity index (χ2n) is 8.12. The number of nitrogens with zero attached hydrogens (tertiary/aromatic N) is 2. The van der Waals surface area contributed by atoms with Crippen molar-refractivity contribution >= 4 is 11.7 Å². The Bertz CT molecular complexity index is 602. The van der Waals surface area contributed by atoms with Crippen LogP contribution in [-0.4, -0.2) is 52.4 Å². The Labute approximate surface area is 162 Å². The summed E-state index contributed by atoms with van der Waals surface area (Å²) < 4.78 is 5.66. The zero-order chi connectivity index (χ0) is 19.3. The molecule has 6 heteroatoms. The average Bonchev–Trinajstić information content (AvgIpc) is 2.69. The van der Waals surface area contributed by atoms with E-state index >= 15 is 0 Å². The van der Waals surface area contributed by atoms with Gasteiger partial charge >= 0.3 is 5.97 Å². The molecule has 1 aliphatic carbocycles. The summed E-state index contributed by atoms with van der Waals surface area (Å²) in [7, 11) is 1.66. The number of carboxylic acids is 1. The Morgan fingerprint density at radius 1 is 1.33 bits per heavy atom. The van der Waals surface area contributed by atoms with E-state index in [4.69, 9.17) is 4.74 Å². The number of pyridine rings is 1. The monoisotopic (exact) mass is 375 g/mol. The summed E-state index contributed by atoms with van der Waals surface area (Å²) >= 11 is 0. The Morgan fingerprint density at radius 3 is 2.63 bits per heavy atom. The molecule has 2 unspecified atom stereocenters. The smallest absolute Gasteiger partial charge is 0.306 e. The van der Waals surface area contributed by atoms with Crippen molar-refractivity contribution in [2.24, 2.45) is 5.92 Å². The van der Waals surface area contributed by atoms with Crippen molar-refractivity contribution in [1.82, 2.24) is 9.88 Å². The lowest BCUT2D eigenvalue weighted by Crippen LogP contribution is -2.54. The van der Waals surface area contributed by atoms with Crippen LogP contribution in [-0.2, 0) is 9.53 Å². The van der Waals surface area contributed by atoms with E-state index in [0.29, 0.717) is 12.2 Å². The van der Waals surface area contributed by atoms with E-state index in [-0.39, 0.29) is 6.42 Å². The van der Waals surface area contributed by atoms with Gasteiger partial charge in [-0.05, 0) is 56.6 Å². The molecule has 0 bridgehead atoms. The molecule has 1 aromatic rings. The van der Waals surface area contributed by atoms with Gasteiger partial charge in [0, 0.05) is 37.8 Å². The number of likely N-dealkylation sites (tertiary alicyclic amines) is 1. The first-order valence-electron chi connectivity index (χ1n) is 10.2. The van der Waals surface area contributed by atoms with E-state index in [9.17, 15) is 9.90 Å². The molecule has 1 aliphatic heterocycles. The number of aliphatic carboxylic acids is 1. The summed E-state index contributed by atoms with van der Waals surface area (Å²) in [6, 6.07) is 4.54. The summed E-state index contributed by atoms with van der Waals surface area (Å²) in [5, 5.41) is 13.0. The van der Waals surface area contributed by atoms with Crippen LogP contribution in [0.2, 0.25) is 0 Å². The molecule has 2 atom stereocenters. The van der Waals surface area contributed by atoms with E-state index in [1.54, 1.807) is 7.11 Å². The average molecular weight is 376 g/mol. The van der Waals surface area contributed by atoms with Crippen molar-refractivity contribution in [3.63, 3.8) is 0 Å². The first-order chi connectivity index (χ1) is 13.0. The molecule has 1 aromatic heterocycles. The number of piperidine rings is 1. The van der Waals surface area contributed by atoms with Crippen LogP contribution < -0.4 is 5.32 Å². The van der Waals surface area contributed by atoms with Gasteiger partial charge in [-0.2, -0.15) is 0 Å². The van der Waals surface area contributed by atoms with E-state index in [1.165, 1.54) is 12.8 Å². The number of ether oxygens (including phenoxy) is 1. The molecule has 27 heavy (non-hydrogen) atoms. The lowest BCUT2D eigenvalue weighted by molar-refractivity contribution is -0.147. The highest BCUT2D eigenvalue weighted by Crippen LogP contribution is 2.38. The van der Waals surface area contributed by atoms with Crippen LogP contribution in [0.15, 0.2) is 24.5 Å². The van der Waals surface area contributed by atoms with Gasteiger partial charge in [-0.3, -0.25) is 14.7 Å². The lowest BCUT2D eigenvalue weighted by Gasteiger charge is -2.48. The number of hydrogen-bond acceptors (Lipinski definition) is 5. The van der Waals surface area contributed by atoms with Crippen molar-refractivity contribution in [1.29, 1.82) is 0 Å². The highest BCUT2D eigenvalue weighted by atomic mass is 16.5. The normalized spacial score (nSPS) is 32.1. The summed E-state index contributed by atoms with van der Waals surface area (Å²) in [5.41, 5.74) is 0.627. The standard InChI is InChI=1S/C21H33N3O3/c1-3-16-8-13-24(19(14-16)23-17-6-11-22-12-7-17)18-4-9-21(27-2,10-5-18)15-20(25)26/h6-7,11-12,16,18-19H,3-5,8-10,13-15H2,1-2H3,(H,22,23)(H,25,26). The number of methoxy groups -OCH3 is 1. The third-order valence-corrected chi connectivity index (χ3v) is 6.59. The maximum Gasteiger partial charge on any atom is 0.306 e. The Morgan fingerprint density at radius 2 is 2.04 bits per heavy atom. The minimum absolute atomic E-state index is 0.104. The number of carboxylic acid groups (broad SMARTS) is 1. The van der Waals surface area contributed by atoms with Gasteiger partial charge in [0.25, 0.3) is 0 Å². The van der Waals surface area contributed by atoms with Gasteiger partial charge in [-0.1, -0.05) is 13.3 Å². The zero-order valence-electron chi connectivity index (χ0n) is 16.6. The van der Waals surface area contributed by atoms with Gasteiger partial charge in [0.1, 0.15) is 0 Å². The number of nitrogens with one attached hydrogen (secondary N) is 1. The topological polar surface area (TPSA) is 74.7 Å². The summed E-state index contributed by atoms with van der Waals surface area (Å²) in [5.74, 6) is -0.00876. The summed E-state index contributed by atoms with van der Waals surface area (Å²) in [6.07, 6.45) is 11.3. The second kappa shape index (κ2) is 9.02. The van der Waals surface area contributed by atoms with Gasteiger partial charge in [0.15, 0.2) is 0 Å². The molecular formula is C21H33N3O3. The van der Waals surface area contributed by atoms with E-state index in [0.717, 1.165) is 50.3 Å². The molecule has 2 N–H and O–H groups in total. The molecule has 2 heterocycles. The predicted molar refractivity (Wildman–Crippen MR) is 106 cm³/mol. The highest BCUT2D eigenvalue weighted by Gasteiger charge is 2.41. The van der Waals surface area contributed by atoms with Crippen molar-refractivity contribution < 1.29 is 14.6 Å². The van der Waals surface area contributed by atoms with Crippen molar-refractivity contribution in [3.05, 3.63) is 24.5 Å². The molecule has 3 rings (SSSR count). The first-order valence-corrected chi connectivity index (χ1v) is 10.2. The molecule has 0 amide bonds. The molecule has 2 aliphatic rings. The number of rotatable bonds is 7. The molecule has 1 saturated heterocycles. The Balaban J connectivity index is 1.67. The molecular weight excluding hydrogens is 342 g/mol. The molecule has 1 saturated carbocycles. The lowest BCUT2D eigenvalue weighted by atomic mass is 9.78. The van der Waals surface area contributed by atoms with Gasteiger partial charge in [-0.15, -0.1) is 0 Å².